The van der Waals surface area contributed by atoms with E-state index in [1.165, 1.54) is 12.1 Å². The van der Waals surface area contributed by atoms with E-state index in [2.05, 4.69) is 4.98 Å². The third-order valence-corrected chi connectivity index (χ3v) is 1.76. The minimum atomic E-state index is -0.107. The number of nitrogens with one attached hydrogen (secondary N) is 1. The number of hydrogen-bond acceptors (Lipinski definition) is 2. The molecule has 3 heteroatoms. The molecular formula is C9H8NO2+. The van der Waals surface area contributed by atoms with Crippen LogP contribution in [0.2, 0.25) is 0 Å². The van der Waals surface area contributed by atoms with Gasteiger partial charge in [0.05, 0.1) is 11.5 Å². The van der Waals surface area contributed by atoms with Crippen LogP contribution in [0.5, 0.6) is 11.5 Å². The second kappa shape index (κ2) is 2.37. The maximum atomic E-state index is 9.15. The molecule has 60 valence electrons. The molecule has 0 radical (unpaired) electrons. The summed E-state index contributed by atoms with van der Waals surface area (Å²) in [4.78, 5) is 2.95. The molecule has 3 N–H and O–H groups in total. The van der Waals surface area contributed by atoms with Gasteiger partial charge in [0.15, 0.2) is 17.7 Å². The topological polar surface area (TPSA) is 54.6 Å². The number of pyridine rings is 1. The normalized spacial score (nSPS) is 10.3. The Labute approximate surface area is 68.9 Å². The number of fused-ring (bicyclic) bond motifs is 1. The molecule has 0 aliphatic heterocycles. The second-order valence-electron chi connectivity index (χ2n) is 2.60. The highest BCUT2D eigenvalue weighted by Crippen LogP contribution is 2.27. The number of benzene rings is 1. The van der Waals surface area contributed by atoms with Crippen LogP contribution in [0.25, 0.3) is 10.9 Å². The molecule has 1 aromatic carbocycles. The molecular weight excluding hydrogens is 154 g/mol. The van der Waals surface area contributed by atoms with Gasteiger partial charge in [-0.1, -0.05) is 0 Å². The molecule has 0 aliphatic rings. The van der Waals surface area contributed by atoms with Crippen molar-refractivity contribution in [2.45, 2.75) is 0 Å². The number of aromatic amines is 1. The summed E-state index contributed by atoms with van der Waals surface area (Å²) in [7, 11) is 0. The van der Waals surface area contributed by atoms with E-state index in [1.54, 1.807) is 6.20 Å². The number of aromatic hydroxyl groups is 2. The highest BCUT2D eigenvalue weighted by Gasteiger charge is 2.04. The van der Waals surface area contributed by atoms with Crippen LogP contribution in [-0.4, -0.2) is 10.2 Å². The second-order valence-corrected chi connectivity index (χ2v) is 2.60. The predicted molar refractivity (Wildman–Crippen MR) is 43.8 cm³/mol. The minimum absolute atomic E-state index is 0.0953. The van der Waals surface area contributed by atoms with Crippen LogP contribution in [0.4, 0.5) is 0 Å². The van der Waals surface area contributed by atoms with Crippen molar-refractivity contribution in [1.82, 2.24) is 0 Å². The minimum Gasteiger partial charge on any atom is -0.504 e. The van der Waals surface area contributed by atoms with E-state index in [0.717, 1.165) is 10.9 Å². The maximum Gasteiger partial charge on any atom is 0.214 e. The van der Waals surface area contributed by atoms with Crippen molar-refractivity contribution in [3.05, 3.63) is 30.5 Å². The summed E-state index contributed by atoms with van der Waals surface area (Å²) in [6.45, 7) is 0. The van der Waals surface area contributed by atoms with E-state index in [4.69, 9.17) is 10.2 Å². The fourth-order valence-corrected chi connectivity index (χ4v) is 1.15. The molecule has 0 aliphatic carbocycles. The van der Waals surface area contributed by atoms with E-state index in [9.17, 15) is 0 Å². The first-order chi connectivity index (χ1) is 5.77. The smallest absolute Gasteiger partial charge is 0.214 e. The Morgan fingerprint density at radius 2 is 1.83 bits per heavy atom. The van der Waals surface area contributed by atoms with Gasteiger partial charge in [0, 0.05) is 6.07 Å². The molecule has 3 nitrogen and oxygen atoms in total. The summed E-state index contributed by atoms with van der Waals surface area (Å²) in [5, 5.41) is 19.2. The highest BCUT2D eigenvalue weighted by atomic mass is 16.3. The first-order valence-corrected chi connectivity index (χ1v) is 3.60. The lowest BCUT2D eigenvalue weighted by atomic mass is 10.2. The van der Waals surface area contributed by atoms with E-state index in [1.807, 2.05) is 12.1 Å². The Balaban J connectivity index is 2.84. The Morgan fingerprint density at radius 3 is 2.67 bits per heavy atom. The number of phenols is 2. The van der Waals surface area contributed by atoms with Gasteiger partial charge in [0.2, 0.25) is 5.52 Å². The molecule has 0 saturated carbocycles. The van der Waals surface area contributed by atoms with Gasteiger partial charge >= 0.3 is 0 Å². The van der Waals surface area contributed by atoms with Gasteiger partial charge in [0.1, 0.15) is 0 Å². The van der Waals surface area contributed by atoms with Crippen molar-refractivity contribution in [2.24, 2.45) is 0 Å². The van der Waals surface area contributed by atoms with Crippen LogP contribution >= 0.6 is 0 Å². The summed E-state index contributed by atoms with van der Waals surface area (Å²) in [6, 6.07) is 6.69. The van der Waals surface area contributed by atoms with Crippen LogP contribution in [0.15, 0.2) is 30.5 Å². The van der Waals surface area contributed by atoms with Crippen LogP contribution in [0.1, 0.15) is 0 Å². The lowest BCUT2D eigenvalue weighted by molar-refractivity contribution is -0.344. The number of phenolic OH excluding ortho intramolecular Hbond substituents is 2. The van der Waals surface area contributed by atoms with Gasteiger partial charge in [-0.05, 0) is 12.1 Å². The lowest BCUT2D eigenvalue weighted by Gasteiger charge is -1.95. The Hall–Kier alpha value is -1.77. The van der Waals surface area contributed by atoms with Gasteiger partial charge in [-0.25, -0.2) is 4.98 Å². The summed E-state index contributed by atoms with van der Waals surface area (Å²) in [5.41, 5.74) is 0.799. The Kier molecular flexibility index (Phi) is 1.37. The third kappa shape index (κ3) is 0.955. The van der Waals surface area contributed by atoms with Crippen LogP contribution in [-0.2, 0) is 0 Å². The maximum absolute atomic E-state index is 9.15. The van der Waals surface area contributed by atoms with Crippen LogP contribution < -0.4 is 4.98 Å². The molecule has 0 fully saturated rings. The molecule has 1 aromatic heterocycles. The summed E-state index contributed by atoms with van der Waals surface area (Å²) in [6.07, 6.45) is 1.76. The van der Waals surface area contributed by atoms with E-state index in [-0.39, 0.29) is 11.5 Å². The van der Waals surface area contributed by atoms with Gasteiger partial charge in [-0.3, -0.25) is 0 Å². The average Bonchev–Trinajstić information content (AvgIpc) is 2.07. The first-order valence-electron chi connectivity index (χ1n) is 3.60. The van der Waals surface area contributed by atoms with Crippen molar-refractivity contribution in [2.75, 3.05) is 0 Å². The van der Waals surface area contributed by atoms with Crippen LogP contribution in [0.3, 0.4) is 0 Å². The Bertz CT molecular complexity index is 385. The summed E-state index contributed by atoms with van der Waals surface area (Å²) < 4.78 is 0. The van der Waals surface area contributed by atoms with Crippen molar-refractivity contribution < 1.29 is 15.2 Å². The van der Waals surface area contributed by atoms with Crippen molar-refractivity contribution >= 4 is 10.9 Å². The number of rotatable bonds is 0. The molecule has 0 saturated heterocycles. The zero-order chi connectivity index (χ0) is 8.55. The first kappa shape index (κ1) is 6.91. The summed E-state index contributed by atoms with van der Waals surface area (Å²) >= 11 is 0. The molecule has 1 heterocycles. The van der Waals surface area contributed by atoms with Gasteiger partial charge in [0.25, 0.3) is 0 Å². The molecule has 2 rings (SSSR count). The molecule has 12 heavy (non-hydrogen) atoms. The third-order valence-electron chi connectivity index (χ3n) is 1.76. The van der Waals surface area contributed by atoms with Gasteiger partial charge < -0.3 is 10.2 Å². The van der Waals surface area contributed by atoms with Crippen LogP contribution in [0, 0.1) is 0 Å². The number of H-pyrrole nitrogens is 1. The van der Waals surface area contributed by atoms with Crippen molar-refractivity contribution in [3.8, 4) is 11.5 Å². The standard InChI is InChI=1S/C9H7NO2/c11-8-4-6-2-1-3-10-7(6)5-9(8)12/h1-5,11-12H/p+1. The fourth-order valence-electron chi connectivity index (χ4n) is 1.15. The SMILES string of the molecule is Oc1cc2ccc[nH+]c2cc1O. The molecule has 0 bridgehead atoms. The quantitative estimate of drug-likeness (QED) is 0.569. The molecule has 0 atom stereocenters. The molecule has 0 spiro atoms. The number of hydrogen-bond donors (Lipinski definition) is 2. The molecule has 0 unspecified atom stereocenters. The molecule has 0 amide bonds. The average molecular weight is 162 g/mol. The molecule has 2 aromatic rings. The largest absolute Gasteiger partial charge is 0.504 e. The summed E-state index contributed by atoms with van der Waals surface area (Å²) in [5.74, 6) is -0.202. The van der Waals surface area contributed by atoms with E-state index < -0.39 is 0 Å². The van der Waals surface area contributed by atoms with Crippen molar-refractivity contribution in [3.63, 3.8) is 0 Å². The highest BCUT2D eigenvalue weighted by molar-refractivity contribution is 5.79. The van der Waals surface area contributed by atoms with E-state index in [0.29, 0.717) is 0 Å². The monoisotopic (exact) mass is 162 g/mol. The van der Waals surface area contributed by atoms with Gasteiger partial charge in [-0.15, -0.1) is 0 Å². The predicted octanol–water partition coefficient (Wildman–Crippen LogP) is 1.07. The van der Waals surface area contributed by atoms with Gasteiger partial charge in [-0.2, -0.15) is 0 Å². The lowest BCUT2D eigenvalue weighted by Crippen LogP contribution is -2.00. The van der Waals surface area contributed by atoms with E-state index >= 15 is 0 Å². The zero-order valence-electron chi connectivity index (χ0n) is 6.28. The Morgan fingerprint density at radius 1 is 1.08 bits per heavy atom. The van der Waals surface area contributed by atoms with Crippen molar-refractivity contribution in [1.29, 1.82) is 0 Å². The fraction of sp³-hybridized carbons (Fsp3) is 0. The zero-order valence-corrected chi connectivity index (χ0v) is 6.28. The number of aromatic nitrogens is 1.